The summed E-state index contributed by atoms with van der Waals surface area (Å²) in [5.74, 6) is 0.499. The molecule has 2 fully saturated rings. The second-order valence-corrected chi connectivity index (χ2v) is 10.4. The lowest BCUT2D eigenvalue weighted by molar-refractivity contribution is -0.132. The topological polar surface area (TPSA) is 147 Å². The van der Waals surface area contributed by atoms with Crippen molar-refractivity contribution in [1.29, 1.82) is 5.41 Å². The van der Waals surface area contributed by atoms with Gasteiger partial charge >= 0.3 is 6.09 Å². The first-order chi connectivity index (χ1) is 19.2. The van der Waals surface area contributed by atoms with Crippen molar-refractivity contribution in [3.05, 3.63) is 65.0 Å². The fourth-order valence-electron chi connectivity index (χ4n) is 5.41. The maximum absolute atomic E-state index is 13.0. The average molecular weight is 582 g/mol. The molecule has 3 heterocycles. The molecule has 1 unspecified atom stereocenters. The predicted molar refractivity (Wildman–Crippen MR) is 157 cm³/mol. The van der Waals surface area contributed by atoms with E-state index in [2.05, 4.69) is 5.43 Å². The number of nitrogens with one attached hydrogen (secondary N) is 2. The molecule has 2 aliphatic heterocycles. The maximum atomic E-state index is 13.0. The van der Waals surface area contributed by atoms with Gasteiger partial charge < -0.3 is 15.0 Å². The second-order valence-electron chi connectivity index (χ2n) is 10.4. The first-order valence-electron chi connectivity index (χ1n) is 13.7. The number of hydrogen-bond acceptors (Lipinski definition) is 7. The number of cyclic esters (lactones) is 1. The molecule has 12 heteroatoms. The highest BCUT2D eigenvalue weighted by atomic mass is 35.5. The van der Waals surface area contributed by atoms with Crippen LogP contribution in [-0.2, 0) is 29.4 Å². The van der Waals surface area contributed by atoms with Crippen molar-refractivity contribution in [2.45, 2.75) is 57.6 Å². The van der Waals surface area contributed by atoms with Gasteiger partial charge in [-0.05, 0) is 49.4 Å². The molecule has 2 aliphatic rings. The number of hydrogen-bond donors (Lipinski definition) is 3. The molecule has 4 N–H and O–H groups in total. The number of nitrogen functional groups attached to an aromatic ring is 1. The van der Waals surface area contributed by atoms with Crippen molar-refractivity contribution in [2.24, 2.45) is 12.8 Å². The van der Waals surface area contributed by atoms with Crippen LogP contribution in [0.3, 0.4) is 0 Å². The Kier molecular flexibility index (Phi) is 9.29. The van der Waals surface area contributed by atoms with Crippen LogP contribution >= 0.6 is 12.4 Å². The van der Waals surface area contributed by atoms with E-state index >= 15 is 0 Å². The standard InChI is InChI=1S/C29H35N7O4.ClH/c1-3-4-24-28(38)36(29(39)40-24)21-13-15-35(16-14-21)33-27(37)20-10-11-23-22(17-20)32-25(34(23)2)12-7-18-5-8-19(9-6-18)26(30)31;/h5-6,8-11,17,21,24H,3-4,7,12-16H2,1-2H3,(H3,30,31)(H,33,37);1H. The number of halogens is 1. The van der Waals surface area contributed by atoms with Gasteiger partial charge in [0.2, 0.25) is 0 Å². The molecule has 0 saturated carbocycles. The zero-order chi connectivity index (χ0) is 28.4. The molecule has 2 aromatic carbocycles. The summed E-state index contributed by atoms with van der Waals surface area (Å²) in [6.45, 7) is 3.00. The molecule has 218 valence electrons. The molecule has 1 atom stereocenters. The van der Waals surface area contributed by atoms with E-state index in [4.69, 9.17) is 20.9 Å². The minimum absolute atomic E-state index is 0. The molecule has 2 saturated heterocycles. The zero-order valence-corrected chi connectivity index (χ0v) is 24.1. The number of benzene rings is 2. The van der Waals surface area contributed by atoms with Gasteiger partial charge in [0.25, 0.3) is 11.8 Å². The lowest BCUT2D eigenvalue weighted by Gasteiger charge is -2.34. The van der Waals surface area contributed by atoms with Gasteiger partial charge in [-0.3, -0.25) is 20.4 Å². The van der Waals surface area contributed by atoms with Gasteiger partial charge in [-0.15, -0.1) is 12.4 Å². The number of aromatic nitrogens is 2. The number of nitrogens with zero attached hydrogens (tertiary/aromatic N) is 4. The molecule has 0 spiro atoms. The minimum Gasteiger partial charge on any atom is -0.436 e. The van der Waals surface area contributed by atoms with E-state index in [0.717, 1.165) is 41.7 Å². The Labute approximate surface area is 244 Å². The smallest absolute Gasteiger partial charge is 0.417 e. The third-order valence-electron chi connectivity index (χ3n) is 7.73. The van der Waals surface area contributed by atoms with E-state index in [1.807, 2.05) is 53.9 Å². The summed E-state index contributed by atoms with van der Waals surface area (Å²) in [6, 6.07) is 12.9. The van der Waals surface area contributed by atoms with Crippen molar-refractivity contribution in [3.8, 4) is 0 Å². The summed E-state index contributed by atoms with van der Waals surface area (Å²) in [7, 11) is 1.97. The van der Waals surface area contributed by atoms with E-state index < -0.39 is 12.2 Å². The molecular weight excluding hydrogens is 546 g/mol. The highest BCUT2D eigenvalue weighted by Crippen LogP contribution is 2.25. The zero-order valence-electron chi connectivity index (χ0n) is 23.3. The van der Waals surface area contributed by atoms with Crippen LogP contribution in [0.5, 0.6) is 0 Å². The Morgan fingerprint density at radius 1 is 1.10 bits per heavy atom. The third kappa shape index (κ3) is 6.36. The van der Waals surface area contributed by atoms with E-state index in [9.17, 15) is 14.4 Å². The SMILES string of the molecule is CCCC1OC(=O)N(C2CCN(NC(=O)c3ccc4c(c3)nc(CCc3ccc(C(=N)N)cc3)n4C)CC2)C1=O.Cl. The Morgan fingerprint density at radius 3 is 2.44 bits per heavy atom. The predicted octanol–water partition coefficient (Wildman–Crippen LogP) is 3.32. The minimum atomic E-state index is -0.670. The van der Waals surface area contributed by atoms with Crippen molar-refractivity contribution < 1.29 is 19.1 Å². The van der Waals surface area contributed by atoms with Crippen LogP contribution in [0.1, 0.15) is 59.9 Å². The first-order valence-corrected chi connectivity index (χ1v) is 13.7. The van der Waals surface area contributed by atoms with E-state index in [1.54, 1.807) is 12.1 Å². The molecule has 0 aliphatic carbocycles. The van der Waals surface area contributed by atoms with Crippen LogP contribution in [0.2, 0.25) is 0 Å². The van der Waals surface area contributed by atoms with Crippen molar-refractivity contribution in [2.75, 3.05) is 13.1 Å². The normalized spacial score (nSPS) is 17.9. The number of carbonyl (C=O) groups excluding carboxylic acids is 3. The number of rotatable bonds is 9. The molecule has 41 heavy (non-hydrogen) atoms. The van der Waals surface area contributed by atoms with E-state index in [-0.39, 0.29) is 36.1 Å². The number of piperidine rings is 1. The fraction of sp³-hybridized carbons (Fsp3) is 0.414. The lowest BCUT2D eigenvalue weighted by Crippen LogP contribution is -2.52. The van der Waals surface area contributed by atoms with E-state index in [0.29, 0.717) is 43.5 Å². The second kappa shape index (κ2) is 12.7. The molecule has 11 nitrogen and oxygen atoms in total. The highest BCUT2D eigenvalue weighted by molar-refractivity contribution is 6.00. The van der Waals surface area contributed by atoms with Gasteiger partial charge in [-0.2, -0.15) is 0 Å². The number of amides is 3. The quantitative estimate of drug-likeness (QED) is 0.259. The first kappa shape index (κ1) is 30.0. The van der Waals surface area contributed by atoms with Crippen LogP contribution < -0.4 is 11.2 Å². The summed E-state index contributed by atoms with van der Waals surface area (Å²) in [5, 5.41) is 9.36. The van der Waals surface area contributed by atoms with Crippen LogP contribution in [0.4, 0.5) is 4.79 Å². The molecule has 3 aromatic rings. The Balaban J connectivity index is 0.00000387. The molecule has 5 rings (SSSR count). The lowest BCUT2D eigenvalue weighted by atomic mass is 10.0. The Morgan fingerprint density at radius 2 is 1.78 bits per heavy atom. The van der Waals surface area contributed by atoms with Crippen molar-refractivity contribution in [1.82, 2.24) is 24.9 Å². The number of ether oxygens (including phenoxy) is 1. The average Bonchev–Trinajstić information content (AvgIpc) is 3.42. The van der Waals surface area contributed by atoms with E-state index in [1.165, 1.54) is 4.90 Å². The van der Waals surface area contributed by atoms with Gasteiger partial charge in [-0.1, -0.05) is 37.6 Å². The Bertz CT molecular complexity index is 1450. The number of imide groups is 1. The number of fused-ring (bicyclic) bond motifs is 1. The summed E-state index contributed by atoms with van der Waals surface area (Å²) in [6.07, 6.45) is 2.74. The summed E-state index contributed by atoms with van der Waals surface area (Å²) >= 11 is 0. The van der Waals surface area contributed by atoms with Crippen LogP contribution in [-0.4, -0.2) is 68.4 Å². The summed E-state index contributed by atoms with van der Waals surface area (Å²) < 4.78 is 7.30. The number of amidine groups is 1. The molecule has 0 bridgehead atoms. The maximum Gasteiger partial charge on any atom is 0.417 e. The summed E-state index contributed by atoms with van der Waals surface area (Å²) in [4.78, 5) is 44.0. The Hall–Kier alpha value is -3.96. The molecular formula is C29H36ClN7O4. The largest absolute Gasteiger partial charge is 0.436 e. The number of imidazole rings is 1. The fourth-order valence-corrected chi connectivity index (χ4v) is 5.41. The van der Waals surface area contributed by atoms with Crippen molar-refractivity contribution in [3.63, 3.8) is 0 Å². The number of aryl methyl sites for hydroxylation is 3. The number of carbonyl (C=O) groups is 3. The third-order valence-corrected chi connectivity index (χ3v) is 7.73. The highest BCUT2D eigenvalue weighted by Gasteiger charge is 2.44. The summed E-state index contributed by atoms with van der Waals surface area (Å²) in [5.41, 5.74) is 12.5. The van der Waals surface area contributed by atoms with Crippen LogP contribution in [0.25, 0.3) is 11.0 Å². The van der Waals surface area contributed by atoms with Crippen LogP contribution in [0.15, 0.2) is 42.5 Å². The monoisotopic (exact) mass is 581 g/mol. The van der Waals surface area contributed by atoms with Gasteiger partial charge in [0.05, 0.1) is 11.0 Å². The van der Waals surface area contributed by atoms with Gasteiger partial charge in [-0.25, -0.2) is 19.7 Å². The number of hydrazine groups is 1. The van der Waals surface area contributed by atoms with Gasteiger partial charge in [0.1, 0.15) is 11.7 Å². The molecule has 3 amide bonds. The van der Waals surface area contributed by atoms with Gasteiger partial charge in [0, 0.05) is 43.7 Å². The van der Waals surface area contributed by atoms with Crippen LogP contribution in [0, 0.1) is 5.41 Å². The number of nitrogens with two attached hydrogens (primary N) is 1. The van der Waals surface area contributed by atoms with Crippen molar-refractivity contribution >= 4 is 47.2 Å². The molecule has 0 radical (unpaired) electrons. The molecule has 1 aromatic heterocycles. The van der Waals surface area contributed by atoms with Gasteiger partial charge in [0.15, 0.2) is 6.10 Å².